The van der Waals surface area contributed by atoms with Gasteiger partial charge in [-0.3, -0.25) is 10.1 Å². The number of nitrogens with zero attached hydrogens (tertiary/aromatic N) is 2. The van der Waals surface area contributed by atoms with Crippen LogP contribution in [0.5, 0.6) is 5.75 Å². The number of carbonyl (C=O) groups excluding carboxylic acids is 1. The lowest BCUT2D eigenvalue weighted by molar-refractivity contribution is -0.385. The standard InChI is InChI=1S/C16H15N3O5/c1-10-3-5-11(6-4-10)15(17)18-24-16(20)12-7-8-14(23-2)13(9-12)19(21)22/h3-9H,1-2H3,(H2,17,18). The number of aryl methyl sites for hydroxylation is 1. The van der Waals surface area contributed by atoms with E-state index in [9.17, 15) is 14.9 Å². The number of rotatable bonds is 5. The summed E-state index contributed by atoms with van der Waals surface area (Å²) < 4.78 is 4.87. The number of benzene rings is 2. The van der Waals surface area contributed by atoms with E-state index in [1.165, 1.54) is 19.2 Å². The minimum atomic E-state index is -0.865. The summed E-state index contributed by atoms with van der Waals surface area (Å²) in [6.07, 6.45) is 0. The SMILES string of the molecule is COc1ccc(C(=O)O/N=C(\N)c2ccc(C)cc2)cc1[N+](=O)[O-]. The Morgan fingerprint density at radius 1 is 1.17 bits per heavy atom. The second-order valence-corrected chi connectivity index (χ2v) is 4.87. The molecule has 0 aliphatic rings. The first-order chi connectivity index (χ1) is 11.4. The van der Waals surface area contributed by atoms with Crippen molar-refractivity contribution in [2.45, 2.75) is 6.92 Å². The summed E-state index contributed by atoms with van der Waals surface area (Å²) in [5, 5.41) is 14.5. The highest BCUT2D eigenvalue weighted by atomic mass is 16.7. The van der Waals surface area contributed by atoms with Gasteiger partial charge in [-0.25, -0.2) is 4.79 Å². The number of oxime groups is 1. The van der Waals surface area contributed by atoms with Crippen molar-refractivity contribution in [2.24, 2.45) is 10.9 Å². The van der Waals surface area contributed by atoms with Crippen molar-refractivity contribution < 1.29 is 19.3 Å². The van der Waals surface area contributed by atoms with Crippen LogP contribution in [-0.4, -0.2) is 23.8 Å². The second-order valence-electron chi connectivity index (χ2n) is 4.87. The van der Waals surface area contributed by atoms with Crippen molar-refractivity contribution in [3.63, 3.8) is 0 Å². The van der Waals surface area contributed by atoms with E-state index < -0.39 is 10.9 Å². The summed E-state index contributed by atoms with van der Waals surface area (Å²) in [5.74, 6) is -0.804. The van der Waals surface area contributed by atoms with E-state index in [0.29, 0.717) is 5.56 Å². The van der Waals surface area contributed by atoms with Gasteiger partial charge in [0.05, 0.1) is 17.6 Å². The largest absolute Gasteiger partial charge is 0.490 e. The van der Waals surface area contributed by atoms with Gasteiger partial charge in [-0.15, -0.1) is 0 Å². The molecule has 0 spiro atoms. The van der Waals surface area contributed by atoms with E-state index in [-0.39, 0.29) is 22.8 Å². The van der Waals surface area contributed by atoms with E-state index in [1.807, 2.05) is 19.1 Å². The van der Waals surface area contributed by atoms with Crippen LogP contribution in [0.1, 0.15) is 21.5 Å². The molecule has 0 radical (unpaired) electrons. The number of hydrogen-bond acceptors (Lipinski definition) is 6. The topological polar surface area (TPSA) is 117 Å². The Balaban J connectivity index is 2.17. The molecule has 0 fully saturated rings. The molecule has 0 aliphatic heterocycles. The first-order valence-corrected chi connectivity index (χ1v) is 6.86. The van der Waals surface area contributed by atoms with Gasteiger partial charge >= 0.3 is 11.7 Å². The Morgan fingerprint density at radius 2 is 1.79 bits per heavy atom. The highest BCUT2D eigenvalue weighted by Gasteiger charge is 2.19. The highest BCUT2D eigenvalue weighted by Crippen LogP contribution is 2.27. The fraction of sp³-hybridized carbons (Fsp3) is 0.125. The molecule has 0 heterocycles. The molecular weight excluding hydrogens is 314 g/mol. The lowest BCUT2D eigenvalue weighted by Gasteiger charge is -2.04. The number of hydrogen-bond donors (Lipinski definition) is 1. The summed E-state index contributed by atoms with van der Waals surface area (Å²) in [4.78, 5) is 27.0. The van der Waals surface area contributed by atoms with Crippen LogP contribution in [0.25, 0.3) is 0 Å². The van der Waals surface area contributed by atoms with Gasteiger partial charge in [-0.2, -0.15) is 0 Å². The quantitative estimate of drug-likeness (QED) is 0.296. The molecule has 0 aromatic heterocycles. The molecule has 124 valence electrons. The van der Waals surface area contributed by atoms with Gasteiger partial charge in [0.1, 0.15) is 0 Å². The van der Waals surface area contributed by atoms with Crippen LogP contribution in [0, 0.1) is 17.0 Å². The first-order valence-electron chi connectivity index (χ1n) is 6.86. The van der Waals surface area contributed by atoms with Crippen LogP contribution >= 0.6 is 0 Å². The Labute approximate surface area is 137 Å². The van der Waals surface area contributed by atoms with Crippen molar-refractivity contribution in [3.8, 4) is 5.75 Å². The monoisotopic (exact) mass is 329 g/mol. The predicted molar refractivity (Wildman–Crippen MR) is 87.0 cm³/mol. The number of carbonyl (C=O) groups is 1. The molecule has 0 unspecified atom stereocenters. The molecule has 2 aromatic carbocycles. The molecule has 0 saturated carbocycles. The van der Waals surface area contributed by atoms with Crippen molar-refractivity contribution in [2.75, 3.05) is 7.11 Å². The zero-order chi connectivity index (χ0) is 17.7. The Kier molecular flexibility index (Phi) is 5.10. The minimum absolute atomic E-state index is 0.0198. The van der Waals surface area contributed by atoms with Gasteiger partial charge in [0, 0.05) is 11.6 Å². The maximum Gasteiger partial charge on any atom is 0.366 e. The number of nitrogens with two attached hydrogens (primary N) is 1. The molecule has 0 atom stereocenters. The van der Waals surface area contributed by atoms with Crippen molar-refractivity contribution in [3.05, 3.63) is 69.3 Å². The van der Waals surface area contributed by atoms with E-state index in [1.54, 1.807) is 12.1 Å². The molecule has 2 aromatic rings. The van der Waals surface area contributed by atoms with Crippen LogP contribution in [0.4, 0.5) is 5.69 Å². The van der Waals surface area contributed by atoms with Gasteiger partial charge in [-0.1, -0.05) is 35.0 Å². The van der Waals surface area contributed by atoms with Crippen LogP contribution < -0.4 is 10.5 Å². The van der Waals surface area contributed by atoms with Gasteiger partial charge in [-0.05, 0) is 19.1 Å². The minimum Gasteiger partial charge on any atom is -0.490 e. The van der Waals surface area contributed by atoms with Crippen molar-refractivity contribution in [1.82, 2.24) is 0 Å². The van der Waals surface area contributed by atoms with E-state index in [0.717, 1.165) is 11.6 Å². The summed E-state index contributed by atoms with van der Waals surface area (Å²) in [5.41, 5.74) is 7.00. The third kappa shape index (κ3) is 3.86. The molecule has 0 aliphatic carbocycles. The molecule has 24 heavy (non-hydrogen) atoms. The number of ether oxygens (including phenoxy) is 1. The fourth-order valence-electron chi connectivity index (χ4n) is 1.88. The van der Waals surface area contributed by atoms with E-state index in [4.69, 9.17) is 15.3 Å². The van der Waals surface area contributed by atoms with Gasteiger partial charge in [0.15, 0.2) is 11.6 Å². The molecule has 0 saturated heterocycles. The van der Waals surface area contributed by atoms with Crippen molar-refractivity contribution >= 4 is 17.5 Å². The van der Waals surface area contributed by atoms with E-state index >= 15 is 0 Å². The summed E-state index contributed by atoms with van der Waals surface area (Å²) in [6.45, 7) is 1.92. The van der Waals surface area contributed by atoms with Gasteiger partial charge in [0.25, 0.3) is 0 Å². The Morgan fingerprint density at radius 3 is 2.38 bits per heavy atom. The third-order valence-electron chi connectivity index (χ3n) is 3.19. The molecule has 2 N–H and O–H groups in total. The molecule has 2 rings (SSSR count). The maximum absolute atomic E-state index is 12.0. The number of amidine groups is 1. The molecule has 8 heteroatoms. The zero-order valence-corrected chi connectivity index (χ0v) is 13.1. The average molecular weight is 329 g/mol. The van der Waals surface area contributed by atoms with Crippen LogP contribution in [0.2, 0.25) is 0 Å². The normalized spacial score (nSPS) is 11.0. The van der Waals surface area contributed by atoms with Gasteiger partial charge < -0.3 is 15.3 Å². The number of methoxy groups -OCH3 is 1. The van der Waals surface area contributed by atoms with E-state index in [2.05, 4.69) is 5.16 Å². The van der Waals surface area contributed by atoms with Gasteiger partial charge in [0.2, 0.25) is 0 Å². The van der Waals surface area contributed by atoms with Crippen LogP contribution in [-0.2, 0) is 4.84 Å². The zero-order valence-electron chi connectivity index (χ0n) is 13.1. The lowest BCUT2D eigenvalue weighted by Crippen LogP contribution is -2.15. The summed E-state index contributed by atoms with van der Waals surface area (Å²) in [7, 11) is 1.30. The molecule has 0 bridgehead atoms. The summed E-state index contributed by atoms with van der Waals surface area (Å²) >= 11 is 0. The molecular formula is C16H15N3O5. The smallest absolute Gasteiger partial charge is 0.366 e. The molecule has 8 nitrogen and oxygen atoms in total. The Hall–Kier alpha value is -3.42. The Bertz CT molecular complexity index is 800. The second kappa shape index (κ2) is 7.23. The number of nitro groups is 1. The highest BCUT2D eigenvalue weighted by molar-refractivity contribution is 5.98. The first kappa shape index (κ1) is 16.9. The average Bonchev–Trinajstić information content (AvgIpc) is 2.59. The number of nitro benzene ring substituents is 1. The van der Waals surface area contributed by atoms with Crippen LogP contribution in [0.3, 0.4) is 0 Å². The molecule has 0 amide bonds. The van der Waals surface area contributed by atoms with Crippen LogP contribution in [0.15, 0.2) is 47.6 Å². The lowest BCUT2D eigenvalue weighted by atomic mass is 10.1. The maximum atomic E-state index is 12.0. The fourth-order valence-corrected chi connectivity index (χ4v) is 1.88. The summed E-state index contributed by atoms with van der Waals surface area (Å²) in [6, 6.07) is 10.9. The third-order valence-corrected chi connectivity index (χ3v) is 3.19. The van der Waals surface area contributed by atoms with Crippen molar-refractivity contribution in [1.29, 1.82) is 0 Å². The predicted octanol–water partition coefficient (Wildman–Crippen LogP) is 2.39.